The highest BCUT2D eigenvalue weighted by atomic mass is 15.1. The summed E-state index contributed by atoms with van der Waals surface area (Å²) in [5.41, 5.74) is 3.08. The summed E-state index contributed by atoms with van der Waals surface area (Å²) in [6, 6.07) is 0. The molecule has 0 saturated heterocycles. The Morgan fingerprint density at radius 1 is 1.38 bits per heavy atom. The number of hydrogen-bond acceptors (Lipinski definition) is 1. The number of nitrogens with zero attached hydrogens (tertiary/aromatic N) is 1. The molecule has 1 aliphatic heterocycles. The van der Waals surface area contributed by atoms with Gasteiger partial charge in [0.1, 0.15) is 0 Å². The van der Waals surface area contributed by atoms with Crippen molar-refractivity contribution in [3.63, 3.8) is 0 Å². The molecule has 0 amide bonds. The van der Waals surface area contributed by atoms with Gasteiger partial charge in [-0.3, -0.25) is 0 Å². The van der Waals surface area contributed by atoms with Crippen molar-refractivity contribution in [2.75, 3.05) is 6.54 Å². The molecule has 0 saturated carbocycles. The van der Waals surface area contributed by atoms with Crippen molar-refractivity contribution in [2.24, 2.45) is 0 Å². The fourth-order valence-electron chi connectivity index (χ4n) is 1.76. The van der Waals surface area contributed by atoms with E-state index in [1.54, 1.807) is 5.57 Å². The zero-order valence-electron chi connectivity index (χ0n) is 9.14. The Balaban J connectivity index is 2.58. The lowest BCUT2D eigenvalue weighted by Crippen LogP contribution is -2.20. The SMILES string of the molecule is CCCCN1C=CCC(CC)=C1C. The molecule has 0 aromatic heterocycles. The van der Waals surface area contributed by atoms with Gasteiger partial charge in [-0.25, -0.2) is 0 Å². The second-order valence-corrected chi connectivity index (χ2v) is 3.68. The average molecular weight is 179 g/mol. The minimum atomic E-state index is 1.16. The van der Waals surface area contributed by atoms with E-state index in [0.29, 0.717) is 0 Å². The fraction of sp³-hybridized carbons (Fsp3) is 0.667. The molecule has 0 aromatic carbocycles. The van der Waals surface area contributed by atoms with E-state index in [-0.39, 0.29) is 0 Å². The van der Waals surface area contributed by atoms with Gasteiger partial charge >= 0.3 is 0 Å². The molecule has 0 aliphatic carbocycles. The van der Waals surface area contributed by atoms with Crippen molar-refractivity contribution >= 4 is 0 Å². The van der Waals surface area contributed by atoms with Crippen LogP contribution in [0.15, 0.2) is 23.5 Å². The zero-order chi connectivity index (χ0) is 9.68. The molecule has 1 aliphatic rings. The van der Waals surface area contributed by atoms with Crippen LogP contribution in [0.25, 0.3) is 0 Å². The van der Waals surface area contributed by atoms with Crippen LogP contribution < -0.4 is 0 Å². The summed E-state index contributed by atoms with van der Waals surface area (Å²) in [5.74, 6) is 0. The molecule has 1 nitrogen and oxygen atoms in total. The summed E-state index contributed by atoms with van der Waals surface area (Å²) < 4.78 is 0. The first-order valence-electron chi connectivity index (χ1n) is 5.41. The highest BCUT2D eigenvalue weighted by Crippen LogP contribution is 2.22. The van der Waals surface area contributed by atoms with E-state index in [1.807, 2.05) is 0 Å². The van der Waals surface area contributed by atoms with Gasteiger partial charge in [0.2, 0.25) is 0 Å². The number of rotatable bonds is 4. The summed E-state index contributed by atoms with van der Waals surface area (Å²) in [4.78, 5) is 2.39. The molecule has 13 heavy (non-hydrogen) atoms. The molecule has 74 valence electrons. The van der Waals surface area contributed by atoms with Crippen molar-refractivity contribution in [2.45, 2.75) is 46.5 Å². The second kappa shape index (κ2) is 5.11. The van der Waals surface area contributed by atoms with Crippen molar-refractivity contribution in [1.82, 2.24) is 4.90 Å². The van der Waals surface area contributed by atoms with Gasteiger partial charge in [-0.15, -0.1) is 0 Å². The van der Waals surface area contributed by atoms with Crippen LogP contribution in [0.4, 0.5) is 0 Å². The first-order chi connectivity index (χ1) is 6.29. The molecular weight excluding hydrogens is 158 g/mol. The highest BCUT2D eigenvalue weighted by molar-refractivity contribution is 5.20. The zero-order valence-corrected chi connectivity index (χ0v) is 9.14. The van der Waals surface area contributed by atoms with E-state index in [0.717, 1.165) is 6.42 Å². The monoisotopic (exact) mass is 179 g/mol. The quantitative estimate of drug-likeness (QED) is 0.636. The van der Waals surface area contributed by atoms with Crippen LogP contribution in [0.1, 0.15) is 46.5 Å². The van der Waals surface area contributed by atoms with Crippen LogP contribution >= 0.6 is 0 Å². The Morgan fingerprint density at radius 2 is 2.15 bits per heavy atom. The normalized spacial score (nSPS) is 17.0. The standard InChI is InChI=1S/C12H21N/c1-4-6-9-13-10-7-8-12(5-2)11(13)3/h7,10H,4-6,8-9H2,1-3H3. The van der Waals surface area contributed by atoms with Gasteiger partial charge in [-0.05, 0) is 31.8 Å². The molecule has 1 heteroatoms. The van der Waals surface area contributed by atoms with Crippen LogP contribution in [0, 0.1) is 0 Å². The Morgan fingerprint density at radius 3 is 2.77 bits per heavy atom. The molecular formula is C12H21N. The third-order valence-corrected chi connectivity index (χ3v) is 2.77. The van der Waals surface area contributed by atoms with Crippen molar-refractivity contribution in [1.29, 1.82) is 0 Å². The summed E-state index contributed by atoms with van der Waals surface area (Å²) in [6.45, 7) is 7.92. The van der Waals surface area contributed by atoms with Gasteiger partial charge in [-0.2, -0.15) is 0 Å². The van der Waals surface area contributed by atoms with Crippen LogP contribution in [-0.2, 0) is 0 Å². The molecule has 1 heterocycles. The van der Waals surface area contributed by atoms with E-state index in [1.165, 1.54) is 31.5 Å². The summed E-state index contributed by atoms with van der Waals surface area (Å²) in [5, 5.41) is 0. The average Bonchev–Trinajstić information content (AvgIpc) is 2.16. The van der Waals surface area contributed by atoms with Gasteiger partial charge in [0.15, 0.2) is 0 Å². The first kappa shape index (κ1) is 10.4. The van der Waals surface area contributed by atoms with Crippen LogP contribution in [-0.4, -0.2) is 11.4 Å². The molecule has 1 rings (SSSR count). The van der Waals surface area contributed by atoms with Crippen LogP contribution in [0.3, 0.4) is 0 Å². The first-order valence-corrected chi connectivity index (χ1v) is 5.41. The molecule has 0 spiro atoms. The van der Waals surface area contributed by atoms with E-state index in [4.69, 9.17) is 0 Å². The maximum atomic E-state index is 2.39. The van der Waals surface area contributed by atoms with E-state index in [9.17, 15) is 0 Å². The third kappa shape index (κ3) is 2.61. The highest BCUT2D eigenvalue weighted by Gasteiger charge is 2.09. The van der Waals surface area contributed by atoms with Gasteiger partial charge in [0.05, 0.1) is 0 Å². The topological polar surface area (TPSA) is 3.24 Å². The number of allylic oxidation sites excluding steroid dienone is 3. The Bertz CT molecular complexity index is 213. The predicted molar refractivity (Wildman–Crippen MR) is 58.4 cm³/mol. The Kier molecular flexibility index (Phi) is 4.07. The summed E-state index contributed by atoms with van der Waals surface area (Å²) in [7, 11) is 0. The van der Waals surface area contributed by atoms with Crippen molar-refractivity contribution in [3.05, 3.63) is 23.5 Å². The van der Waals surface area contributed by atoms with E-state index in [2.05, 4.69) is 37.9 Å². The Labute approximate surface area is 82.1 Å². The number of unbranched alkanes of at least 4 members (excludes halogenated alkanes) is 1. The van der Waals surface area contributed by atoms with Gasteiger partial charge < -0.3 is 4.90 Å². The predicted octanol–water partition coefficient (Wildman–Crippen LogP) is 3.69. The largest absolute Gasteiger partial charge is 0.352 e. The lowest BCUT2D eigenvalue weighted by atomic mass is 10.0. The molecule has 0 radical (unpaired) electrons. The van der Waals surface area contributed by atoms with E-state index < -0.39 is 0 Å². The molecule has 0 aromatic rings. The van der Waals surface area contributed by atoms with E-state index >= 15 is 0 Å². The maximum absolute atomic E-state index is 2.39. The number of hydrogen-bond donors (Lipinski definition) is 0. The second-order valence-electron chi connectivity index (χ2n) is 3.68. The maximum Gasteiger partial charge on any atom is 0.0221 e. The summed E-state index contributed by atoms with van der Waals surface area (Å²) >= 11 is 0. The molecule has 0 bridgehead atoms. The van der Waals surface area contributed by atoms with Gasteiger partial charge in [-0.1, -0.05) is 26.3 Å². The van der Waals surface area contributed by atoms with Crippen LogP contribution in [0.2, 0.25) is 0 Å². The summed E-state index contributed by atoms with van der Waals surface area (Å²) in [6.07, 6.45) is 9.44. The molecule has 0 atom stereocenters. The lowest BCUT2D eigenvalue weighted by Gasteiger charge is -2.27. The van der Waals surface area contributed by atoms with Crippen molar-refractivity contribution in [3.8, 4) is 0 Å². The fourth-order valence-corrected chi connectivity index (χ4v) is 1.76. The van der Waals surface area contributed by atoms with Crippen molar-refractivity contribution < 1.29 is 0 Å². The molecule has 0 N–H and O–H groups in total. The smallest absolute Gasteiger partial charge is 0.0221 e. The van der Waals surface area contributed by atoms with Gasteiger partial charge in [0, 0.05) is 18.4 Å². The minimum Gasteiger partial charge on any atom is -0.352 e. The van der Waals surface area contributed by atoms with Crippen LogP contribution in [0.5, 0.6) is 0 Å². The minimum absolute atomic E-state index is 1.16. The Hall–Kier alpha value is -0.720. The lowest BCUT2D eigenvalue weighted by molar-refractivity contribution is 0.434. The molecule has 0 unspecified atom stereocenters. The third-order valence-electron chi connectivity index (χ3n) is 2.77. The molecule has 0 fully saturated rings. The van der Waals surface area contributed by atoms with Gasteiger partial charge in [0.25, 0.3) is 0 Å².